The Labute approximate surface area is 175 Å². The molecule has 162 valence electrons. The summed E-state index contributed by atoms with van der Waals surface area (Å²) < 4.78 is 10.2. The van der Waals surface area contributed by atoms with E-state index in [1.165, 1.54) is 21.0 Å². The standard InChI is InChI=1S/C20H29ClN2O6/c1-5-6-9-29-19(27)23-15(17(24)22-12-20(2,3)18(25)26)11-13-7-8-16(28-4)14(21)10-13/h7-8,10,15H,5-6,9,11-12H2,1-4H3,(H,22,24)(H,23,27)(H,25,26). The zero-order chi connectivity index (χ0) is 22.0. The molecule has 1 rings (SSSR count). The molecule has 0 aromatic heterocycles. The smallest absolute Gasteiger partial charge is 0.407 e. The molecule has 0 fully saturated rings. The van der Waals surface area contributed by atoms with Crippen molar-refractivity contribution in [3.8, 4) is 5.75 Å². The third kappa shape index (κ3) is 8.19. The Hall–Kier alpha value is -2.48. The normalized spacial score (nSPS) is 12.0. The van der Waals surface area contributed by atoms with Gasteiger partial charge < -0.3 is 25.2 Å². The first-order valence-electron chi connectivity index (χ1n) is 9.37. The molecule has 1 aromatic carbocycles. The average Bonchev–Trinajstić information content (AvgIpc) is 2.66. The predicted octanol–water partition coefficient (Wildman–Crippen LogP) is 3.01. The second-order valence-corrected chi connectivity index (χ2v) is 7.67. The van der Waals surface area contributed by atoms with E-state index < -0.39 is 29.4 Å². The van der Waals surface area contributed by atoms with E-state index in [1.54, 1.807) is 18.2 Å². The summed E-state index contributed by atoms with van der Waals surface area (Å²) in [7, 11) is 1.50. The Morgan fingerprint density at radius 1 is 1.28 bits per heavy atom. The van der Waals surface area contributed by atoms with Gasteiger partial charge in [-0.15, -0.1) is 0 Å². The van der Waals surface area contributed by atoms with E-state index in [0.717, 1.165) is 6.42 Å². The minimum absolute atomic E-state index is 0.0897. The molecule has 1 atom stereocenters. The molecular weight excluding hydrogens is 400 g/mol. The average molecular weight is 429 g/mol. The number of rotatable bonds is 11. The van der Waals surface area contributed by atoms with Crippen LogP contribution in [0.25, 0.3) is 0 Å². The molecule has 0 aliphatic heterocycles. The number of halogens is 1. The van der Waals surface area contributed by atoms with Crippen LogP contribution in [0.4, 0.5) is 4.79 Å². The third-order valence-corrected chi connectivity index (χ3v) is 4.57. The molecule has 0 saturated carbocycles. The molecule has 0 bridgehead atoms. The van der Waals surface area contributed by atoms with Crippen molar-refractivity contribution in [1.29, 1.82) is 0 Å². The lowest BCUT2D eigenvalue weighted by molar-refractivity contribution is -0.146. The zero-order valence-electron chi connectivity index (χ0n) is 17.2. The fourth-order valence-corrected chi connectivity index (χ4v) is 2.56. The monoisotopic (exact) mass is 428 g/mol. The molecule has 0 saturated heterocycles. The van der Waals surface area contributed by atoms with Crippen LogP contribution in [0, 0.1) is 5.41 Å². The van der Waals surface area contributed by atoms with Crippen molar-refractivity contribution < 1.29 is 29.0 Å². The minimum Gasteiger partial charge on any atom is -0.495 e. The molecule has 1 aromatic rings. The summed E-state index contributed by atoms with van der Waals surface area (Å²) in [6, 6.07) is 4.08. The van der Waals surface area contributed by atoms with Gasteiger partial charge >= 0.3 is 12.1 Å². The van der Waals surface area contributed by atoms with Gasteiger partial charge in [0, 0.05) is 13.0 Å². The van der Waals surface area contributed by atoms with E-state index in [2.05, 4.69) is 10.6 Å². The topological polar surface area (TPSA) is 114 Å². The van der Waals surface area contributed by atoms with Gasteiger partial charge in [0.05, 0.1) is 24.2 Å². The number of ether oxygens (including phenoxy) is 2. The molecule has 3 N–H and O–H groups in total. The second kappa shape index (κ2) is 11.5. The van der Waals surface area contributed by atoms with Crippen molar-refractivity contribution in [3.05, 3.63) is 28.8 Å². The summed E-state index contributed by atoms with van der Waals surface area (Å²) in [5.74, 6) is -1.06. The number of hydrogen-bond donors (Lipinski definition) is 3. The van der Waals surface area contributed by atoms with Gasteiger partial charge in [-0.1, -0.05) is 31.0 Å². The number of alkyl carbamates (subject to hydrolysis) is 1. The quantitative estimate of drug-likeness (QED) is 0.467. The first kappa shape index (κ1) is 24.6. The Balaban J connectivity index is 2.89. The fourth-order valence-electron chi connectivity index (χ4n) is 2.28. The van der Waals surface area contributed by atoms with Crippen molar-refractivity contribution in [2.24, 2.45) is 5.41 Å². The summed E-state index contributed by atoms with van der Waals surface area (Å²) in [4.78, 5) is 36.0. The number of nitrogens with one attached hydrogen (secondary N) is 2. The molecule has 8 nitrogen and oxygen atoms in total. The van der Waals surface area contributed by atoms with Crippen LogP contribution in [0.15, 0.2) is 18.2 Å². The van der Waals surface area contributed by atoms with Crippen molar-refractivity contribution in [1.82, 2.24) is 10.6 Å². The number of aliphatic carboxylic acids is 1. The van der Waals surface area contributed by atoms with Gasteiger partial charge in [-0.05, 0) is 38.0 Å². The Bertz CT molecular complexity index is 723. The van der Waals surface area contributed by atoms with E-state index in [0.29, 0.717) is 22.8 Å². The van der Waals surface area contributed by atoms with E-state index in [-0.39, 0.29) is 19.6 Å². The second-order valence-electron chi connectivity index (χ2n) is 7.27. The van der Waals surface area contributed by atoms with Gasteiger partial charge in [0.15, 0.2) is 0 Å². The van der Waals surface area contributed by atoms with Gasteiger partial charge in [-0.3, -0.25) is 9.59 Å². The number of benzene rings is 1. The Kier molecular flexibility index (Phi) is 9.74. The summed E-state index contributed by atoms with van der Waals surface area (Å²) in [5.41, 5.74) is -0.451. The highest BCUT2D eigenvalue weighted by Crippen LogP contribution is 2.25. The number of carbonyl (C=O) groups excluding carboxylic acids is 2. The van der Waals surface area contributed by atoms with Crippen molar-refractivity contribution in [2.75, 3.05) is 20.3 Å². The first-order chi connectivity index (χ1) is 13.6. The Morgan fingerprint density at radius 3 is 2.52 bits per heavy atom. The molecule has 0 spiro atoms. The van der Waals surface area contributed by atoms with E-state index in [9.17, 15) is 19.5 Å². The molecular formula is C20H29ClN2O6. The predicted molar refractivity (Wildman–Crippen MR) is 109 cm³/mol. The number of methoxy groups -OCH3 is 1. The molecule has 0 aliphatic rings. The number of carboxylic acid groups (broad SMARTS) is 1. The summed E-state index contributed by atoms with van der Waals surface area (Å²) in [5, 5.41) is 14.7. The summed E-state index contributed by atoms with van der Waals surface area (Å²) in [6.07, 6.45) is 1.01. The molecule has 0 aliphatic carbocycles. The van der Waals surface area contributed by atoms with Gasteiger partial charge in [0.1, 0.15) is 11.8 Å². The lowest BCUT2D eigenvalue weighted by Gasteiger charge is -2.23. The van der Waals surface area contributed by atoms with Crippen LogP contribution >= 0.6 is 11.6 Å². The van der Waals surface area contributed by atoms with Crippen molar-refractivity contribution in [2.45, 2.75) is 46.1 Å². The lowest BCUT2D eigenvalue weighted by atomic mass is 9.93. The van der Waals surface area contributed by atoms with Crippen molar-refractivity contribution in [3.63, 3.8) is 0 Å². The highest BCUT2D eigenvalue weighted by atomic mass is 35.5. The highest BCUT2D eigenvalue weighted by Gasteiger charge is 2.30. The molecule has 0 heterocycles. The fraction of sp³-hybridized carbons (Fsp3) is 0.550. The Morgan fingerprint density at radius 2 is 1.97 bits per heavy atom. The van der Waals surface area contributed by atoms with Gasteiger partial charge in [0.25, 0.3) is 0 Å². The van der Waals surface area contributed by atoms with Gasteiger partial charge in [0.2, 0.25) is 5.91 Å². The highest BCUT2D eigenvalue weighted by molar-refractivity contribution is 6.32. The molecule has 0 radical (unpaired) electrons. The molecule has 2 amide bonds. The van der Waals surface area contributed by atoms with Crippen LogP contribution in [0.1, 0.15) is 39.2 Å². The molecule has 29 heavy (non-hydrogen) atoms. The van der Waals surface area contributed by atoms with Crippen LogP contribution in [-0.4, -0.2) is 49.4 Å². The van der Waals surface area contributed by atoms with Gasteiger partial charge in [-0.25, -0.2) is 4.79 Å². The number of carboxylic acids is 1. The first-order valence-corrected chi connectivity index (χ1v) is 9.75. The van der Waals surface area contributed by atoms with E-state index >= 15 is 0 Å². The summed E-state index contributed by atoms with van der Waals surface area (Å²) >= 11 is 6.14. The maximum atomic E-state index is 12.7. The van der Waals surface area contributed by atoms with Crippen LogP contribution in [0.2, 0.25) is 5.02 Å². The van der Waals surface area contributed by atoms with Crippen LogP contribution in [-0.2, 0) is 20.7 Å². The largest absolute Gasteiger partial charge is 0.495 e. The number of hydrogen-bond acceptors (Lipinski definition) is 5. The maximum Gasteiger partial charge on any atom is 0.407 e. The van der Waals surface area contributed by atoms with E-state index in [4.69, 9.17) is 21.1 Å². The van der Waals surface area contributed by atoms with Gasteiger partial charge in [-0.2, -0.15) is 0 Å². The molecule has 9 heteroatoms. The lowest BCUT2D eigenvalue weighted by Crippen LogP contribution is -2.50. The third-order valence-electron chi connectivity index (χ3n) is 4.28. The minimum atomic E-state index is -1.15. The SMILES string of the molecule is CCCCOC(=O)NC(Cc1ccc(OC)c(Cl)c1)C(=O)NCC(C)(C)C(=O)O. The van der Waals surface area contributed by atoms with Crippen LogP contribution < -0.4 is 15.4 Å². The molecule has 1 unspecified atom stereocenters. The number of unbranched alkanes of at least 4 members (excludes halogenated alkanes) is 1. The zero-order valence-corrected chi connectivity index (χ0v) is 18.0. The van der Waals surface area contributed by atoms with Crippen LogP contribution in [0.5, 0.6) is 5.75 Å². The van der Waals surface area contributed by atoms with E-state index in [1.807, 2.05) is 6.92 Å². The summed E-state index contributed by atoms with van der Waals surface area (Å²) in [6.45, 7) is 5.13. The maximum absolute atomic E-state index is 12.7. The number of amides is 2. The van der Waals surface area contributed by atoms with Crippen molar-refractivity contribution >= 4 is 29.6 Å². The van der Waals surface area contributed by atoms with Crippen LogP contribution in [0.3, 0.4) is 0 Å². The number of carbonyl (C=O) groups is 3.